The minimum absolute atomic E-state index is 0.0755. The molecule has 1 aromatic carbocycles. The van der Waals surface area contributed by atoms with Gasteiger partial charge in [0.25, 0.3) is 0 Å². The SMILES string of the molecule is [2H]C1([2H])C(C(F)(F)F)NC(=O)N1[C@@H](c1ccc2c(c1)nc([C@@H](N[S+]([O-])C(C)(C)C)[C@@H](C)O[C@@H](C)C(F)(F)F)n2COCC[Si](C)(C)C)C1CC1. The first-order chi connectivity index (χ1) is 22.7. The third kappa shape index (κ3) is 9.59. The molecule has 2 N–H and O–H groups in total. The van der Waals surface area contributed by atoms with Gasteiger partial charge in [0.15, 0.2) is 6.10 Å². The van der Waals surface area contributed by atoms with Crippen molar-refractivity contribution in [3.05, 3.63) is 29.6 Å². The normalized spacial score (nSPS) is 23.0. The van der Waals surface area contributed by atoms with E-state index in [0.29, 0.717) is 35.4 Å². The third-order valence-corrected chi connectivity index (χ3v) is 11.5. The number of urea groups is 1. The number of amides is 2. The van der Waals surface area contributed by atoms with Crippen molar-refractivity contribution in [3.63, 3.8) is 0 Å². The number of fused-ring (bicyclic) bond motifs is 1. The number of aromatic nitrogens is 2. The number of alkyl halides is 6. The fourth-order valence-corrected chi connectivity index (χ4v) is 6.85. The van der Waals surface area contributed by atoms with Crippen LogP contribution in [0.1, 0.15) is 73.7 Å². The molecule has 1 saturated heterocycles. The fourth-order valence-electron chi connectivity index (χ4n) is 5.21. The van der Waals surface area contributed by atoms with E-state index in [1.165, 1.54) is 6.92 Å². The van der Waals surface area contributed by atoms with Gasteiger partial charge >= 0.3 is 18.4 Å². The molecule has 17 heteroatoms. The van der Waals surface area contributed by atoms with E-state index in [1.807, 2.05) is 0 Å². The number of nitrogens with zero attached hydrogens (tertiary/aromatic N) is 3. The van der Waals surface area contributed by atoms with Gasteiger partial charge in [-0.2, -0.15) is 26.3 Å². The molecule has 4 rings (SSSR count). The van der Waals surface area contributed by atoms with Gasteiger partial charge in [-0.1, -0.05) is 25.7 Å². The summed E-state index contributed by atoms with van der Waals surface area (Å²) in [6, 6.07) is -0.558. The van der Waals surface area contributed by atoms with Gasteiger partial charge in [0.1, 0.15) is 29.4 Å². The van der Waals surface area contributed by atoms with E-state index in [1.54, 1.807) is 48.9 Å². The fraction of sp³-hybridized carbons (Fsp3) is 0.742. The Morgan fingerprint density at radius 2 is 1.81 bits per heavy atom. The summed E-state index contributed by atoms with van der Waals surface area (Å²) in [6.45, 7) is 11.1. The molecule has 1 aliphatic heterocycles. The molecule has 2 unspecified atom stereocenters. The highest BCUT2D eigenvalue weighted by atomic mass is 32.2. The number of carbonyl (C=O) groups excluding carboxylic acids is 1. The molecule has 272 valence electrons. The molecule has 2 amide bonds. The zero-order chi connectivity index (χ0) is 37.8. The molecule has 48 heavy (non-hydrogen) atoms. The van der Waals surface area contributed by atoms with Gasteiger partial charge in [-0.3, -0.25) is 0 Å². The van der Waals surface area contributed by atoms with E-state index in [-0.39, 0.29) is 24.0 Å². The smallest absolute Gasteiger partial charge is 0.414 e. The standard InChI is InChI=1S/C31H47F6N5O4SSi/c1-18(46-19(2)30(32,33)34)25(40-47(44)29(3,4)5)27-38-22-15-21(11-12-23(22)42(27)17-45-13-14-48(6,7)8)26(20-9-10-20)41-16-24(31(35,36)37)39-28(41)43/h11-12,15,18-20,24-26,40H,9-10,13-14,16-17H2,1-8H3,(H,39,43)/t18-,19+,24?,25+,26-,47?/m1/s1/i16D2. The Balaban J connectivity index is 1.83. The van der Waals surface area contributed by atoms with Gasteiger partial charge < -0.3 is 28.8 Å². The van der Waals surface area contributed by atoms with Gasteiger partial charge in [0.2, 0.25) is 0 Å². The molecule has 1 aromatic heterocycles. The number of ether oxygens (including phenoxy) is 2. The number of carbonyl (C=O) groups is 1. The van der Waals surface area contributed by atoms with Gasteiger partial charge in [0.05, 0.1) is 32.4 Å². The van der Waals surface area contributed by atoms with E-state index >= 15 is 0 Å². The van der Waals surface area contributed by atoms with Gasteiger partial charge in [-0.25, -0.2) is 9.78 Å². The van der Waals surface area contributed by atoms with E-state index in [0.717, 1.165) is 13.0 Å². The first-order valence-electron chi connectivity index (χ1n) is 16.9. The van der Waals surface area contributed by atoms with Crippen LogP contribution in [0.25, 0.3) is 11.0 Å². The number of imidazole rings is 1. The molecule has 0 radical (unpaired) electrons. The van der Waals surface area contributed by atoms with Gasteiger partial charge in [-0.15, -0.1) is 4.72 Å². The molecule has 2 fully saturated rings. The van der Waals surface area contributed by atoms with Crippen LogP contribution in [-0.4, -0.2) is 81.6 Å². The second kappa shape index (κ2) is 14.3. The summed E-state index contributed by atoms with van der Waals surface area (Å²) < 4.78 is 127. The largest absolute Gasteiger partial charge is 0.598 e. The molecule has 9 nitrogen and oxygen atoms in total. The van der Waals surface area contributed by atoms with E-state index < -0.39 is 79.4 Å². The van der Waals surface area contributed by atoms with Crippen LogP contribution in [0.2, 0.25) is 25.7 Å². The zero-order valence-electron chi connectivity index (χ0n) is 30.4. The predicted molar refractivity (Wildman–Crippen MR) is 174 cm³/mol. The minimum Gasteiger partial charge on any atom is -0.598 e. The maximum Gasteiger partial charge on any atom is 0.414 e. The van der Waals surface area contributed by atoms with Crippen molar-refractivity contribution in [2.24, 2.45) is 5.92 Å². The maximum absolute atomic E-state index is 13.8. The molecule has 1 saturated carbocycles. The molecule has 0 spiro atoms. The van der Waals surface area contributed by atoms with Crippen LogP contribution < -0.4 is 10.0 Å². The molecule has 1 aliphatic carbocycles. The Morgan fingerprint density at radius 3 is 2.33 bits per heavy atom. The molecule has 6 atom stereocenters. The number of rotatable bonds is 14. The van der Waals surface area contributed by atoms with Crippen LogP contribution in [0.15, 0.2) is 18.2 Å². The lowest BCUT2D eigenvalue weighted by Gasteiger charge is -2.32. The lowest BCUT2D eigenvalue weighted by atomic mass is 10.00. The summed E-state index contributed by atoms with van der Waals surface area (Å²) in [5.74, 6) is -0.161. The lowest BCUT2D eigenvalue weighted by Crippen LogP contribution is -2.47. The van der Waals surface area contributed by atoms with Crippen LogP contribution in [0.5, 0.6) is 0 Å². The molecular formula is C31H47F6N5O4SSi. The number of nitrogens with one attached hydrogen (secondary N) is 2. The van der Waals surface area contributed by atoms with Crippen molar-refractivity contribution in [2.45, 2.75) is 127 Å². The molecule has 2 heterocycles. The van der Waals surface area contributed by atoms with Crippen molar-refractivity contribution in [2.75, 3.05) is 13.1 Å². The second-order valence-electron chi connectivity index (χ2n) is 14.7. The molecular weight excluding hydrogens is 681 g/mol. The summed E-state index contributed by atoms with van der Waals surface area (Å²) in [6.07, 6.45) is -12.0. The van der Waals surface area contributed by atoms with E-state index in [9.17, 15) is 35.7 Å². The monoisotopic (exact) mass is 729 g/mol. The Kier molecular flexibility index (Phi) is 10.6. The number of benzene rings is 1. The van der Waals surface area contributed by atoms with Gasteiger partial charge in [0, 0.05) is 26.0 Å². The maximum atomic E-state index is 13.8. The first kappa shape index (κ1) is 35.8. The Labute approximate surface area is 284 Å². The van der Waals surface area contributed by atoms with Crippen LogP contribution in [0.4, 0.5) is 31.1 Å². The van der Waals surface area contributed by atoms with Crippen molar-refractivity contribution in [1.82, 2.24) is 24.5 Å². The molecule has 0 bridgehead atoms. The molecule has 2 aliphatic rings. The highest BCUT2D eigenvalue weighted by Crippen LogP contribution is 2.46. The molecule has 2 aromatic rings. The summed E-state index contributed by atoms with van der Waals surface area (Å²) >= 11 is -1.79. The quantitative estimate of drug-likeness (QED) is 0.0923. The minimum atomic E-state index is -5.04. The lowest BCUT2D eigenvalue weighted by molar-refractivity contribution is -0.227. The van der Waals surface area contributed by atoms with E-state index in [4.69, 9.17) is 17.2 Å². The highest BCUT2D eigenvalue weighted by molar-refractivity contribution is 7.90. The topological polar surface area (TPSA) is 104 Å². The summed E-state index contributed by atoms with van der Waals surface area (Å²) in [5, 5.41) is 1.76. The summed E-state index contributed by atoms with van der Waals surface area (Å²) in [7, 11) is -1.51. The van der Waals surface area contributed by atoms with Crippen molar-refractivity contribution in [3.8, 4) is 0 Å². The van der Waals surface area contributed by atoms with Crippen LogP contribution in [-0.2, 0) is 27.6 Å². The highest BCUT2D eigenvalue weighted by Gasteiger charge is 2.51. The summed E-state index contributed by atoms with van der Waals surface area (Å²) in [5.41, 5.74) is 1.07. The van der Waals surface area contributed by atoms with Crippen LogP contribution >= 0.6 is 0 Å². The summed E-state index contributed by atoms with van der Waals surface area (Å²) in [4.78, 5) is 18.3. The van der Waals surface area contributed by atoms with Crippen molar-refractivity contribution in [1.29, 1.82) is 0 Å². The van der Waals surface area contributed by atoms with Gasteiger partial charge in [-0.05, 0) is 77.1 Å². The zero-order valence-corrected chi connectivity index (χ0v) is 30.2. The van der Waals surface area contributed by atoms with Crippen molar-refractivity contribution < 1.29 is 47.9 Å². The predicted octanol–water partition coefficient (Wildman–Crippen LogP) is 7.20. The van der Waals surface area contributed by atoms with E-state index in [2.05, 4.69) is 24.4 Å². The van der Waals surface area contributed by atoms with Crippen LogP contribution in [0.3, 0.4) is 0 Å². The second-order valence-corrected chi connectivity index (χ2v) is 22.3. The number of halogens is 6. The third-order valence-electron chi connectivity index (χ3n) is 8.21. The average Bonchev–Trinajstić information content (AvgIpc) is 3.68. The number of hydrogen-bond acceptors (Lipinski definition) is 6. The van der Waals surface area contributed by atoms with Crippen LogP contribution in [0, 0.1) is 5.92 Å². The first-order valence-corrected chi connectivity index (χ1v) is 20.7. The Bertz CT molecular complexity index is 1520. The Hall–Kier alpha value is -2.05. The Morgan fingerprint density at radius 1 is 1.17 bits per heavy atom. The average molecular weight is 730 g/mol. The number of hydrogen-bond donors (Lipinski definition) is 2. The van der Waals surface area contributed by atoms with Crippen molar-refractivity contribution >= 4 is 36.5 Å².